The second kappa shape index (κ2) is 7.29. The van der Waals surface area contributed by atoms with E-state index in [1.165, 1.54) is 44.9 Å². The standard InChI is InChI=1S/C14H28O2/c1-3-5-6-7-8-9-10-11-14(12-16-14)13(15)4-2/h13,15H,3-12H2,1-2H3/t13-,14-/m1/s1. The van der Waals surface area contributed by atoms with Gasteiger partial charge in [-0.15, -0.1) is 0 Å². The molecular formula is C14H28O2. The molecule has 1 N–H and O–H groups in total. The van der Waals surface area contributed by atoms with Gasteiger partial charge in [-0.3, -0.25) is 0 Å². The number of rotatable bonds is 10. The lowest BCUT2D eigenvalue weighted by atomic mass is 9.94. The predicted molar refractivity (Wildman–Crippen MR) is 67.6 cm³/mol. The van der Waals surface area contributed by atoms with E-state index < -0.39 is 0 Å². The van der Waals surface area contributed by atoms with Crippen LogP contribution in [0.15, 0.2) is 0 Å². The first-order valence-electron chi connectivity index (χ1n) is 7.07. The molecule has 0 saturated carbocycles. The molecule has 1 fully saturated rings. The topological polar surface area (TPSA) is 32.8 Å². The van der Waals surface area contributed by atoms with Crippen LogP contribution in [0.1, 0.15) is 71.6 Å². The second-order valence-electron chi connectivity index (χ2n) is 5.15. The third-order valence-corrected chi connectivity index (χ3v) is 3.71. The van der Waals surface area contributed by atoms with Crippen molar-refractivity contribution in [3.8, 4) is 0 Å². The largest absolute Gasteiger partial charge is 0.390 e. The lowest BCUT2D eigenvalue weighted by Crippen LogP contribution is -2.29. The molecule has 0 bridgehead atoms. The normalized spacial score (nSPS) is 25.7. The molecule has 0 spiro atoms. The van der Waals surface area contributed by atoms with Crippen LogP contribution in [0, 0.1) is 0 Å². The van der Waals surface area contributed by atoms with Crippen LogP contribution >= 0.6 is 0 Å². The summed E-state index contributed by atoms with van der Waals surface area (Å²) in [6, 6.07) is 0. The zero-order valence-electron chi connectivity index (χ0n) is 11.0. The van der Waals surface area contributed by atoms with Crippen molar-refractivity contribution in [1.29, 1.82) is 0 Å². The zero-order chi connectivity index (χ0) is 11.9. The fourth-order valence-electron chi connectivity index (χ4n) is 2.35. The molecule has 0 aromatic heterocycles. The highest BCUT2D eigenvalue weighted by Gasteiger charge is 2.49. The molecule has 16 heavy (non-hydrogen) atoms. The van der Waals surface area contributed by atoms with Gasteiger partial charge in [0.2, 0.25) is 0 Å². The Morgan fingerprint density at radius 2 is 1.62 bits per heavy atom. The third kappa shape index (κ3) is 4.42. The van der Waals surface area contributed by atoms with Crippen molar-refractivity contribution in [3.05, 3.63) is 0 Å². The molecule has 0 aromatic carbocycles. The van der Waals surface area contributed by atoms with Crippen molar-refractivity contribution < 1.29 is 9.84 Å². The van der Waals surface area contributed by atoms with Crippen molar-refractivity contribution in [2.45, 2.75) is 83.3 Å². The fourth-order valence-corrected chi connectivity index (χ4v) is 2.35. The minimum Gasteiger partial charge on any atom is -0.390 e. The van der Waals surface area contributed by atoms with Crippen LogP contribution in [0.3, 0.4) is 0 Å². The Bertz CT molecular complexity index is 176. The van der Waals surface area contributed by atoms with Crippen molar-refractivity contribution in [3.63, 3.8) is 0 Å². The predicted octanol–water partition coefficient (Wildman–Crippen LogP) is 3.67. The first-order chi connectivity index (χ1) is 7.75. The Hall–Kier alpha value is -0.0800. The molecule has 0 aliphatic carbocycles. The van der Waals surface area contributed by atoms with Crippen LogP contribution < -0.4 is 0 Å². The molecule has 0 unspecified atom stereocenters. The van der Waals surface area contributed by atoms with Gasteiger partial charge in [0.05, 0.1) is 12.7 Å². The summed E-state index contributed by atoms with van der Waals surface area (Å²) in [4.78, 5) is 0. The van der Waals surface area contributed by atoms with E-state index in [-0.39, 0.29) is 11.7 Å². The van der Waals surface area contributed by atoms with Crippen LogP contribution in [-0.2, 0) is 4.74 Å². The van der Waals surface area contributed by atoms with Crippen molar-refractivity contribution in [2.24, 2.45) is 0 Å². The number of aliphatic hydroxyl groups excluding tert-OH is 1. The Labute approximate surface area is 100 Å². The van der Waals surface area contributed by atoms with Crippen LogP contribution in [-0.4, -0.2) is 23.4 Å². The van der Waals surface area contributed by atoms with E-state index in [4.69, 9.17) is 4.74 Å². The maximum atomic E-state index is 9.80. The number of ether oxygens (including phenoxy) is 1. The fraction of sp³-hybridized carbons (Fsp3) is 1.00. The minimum atomic E-state index is -0.243. The highest BCUT2D eigenvalue weighted by atomic mass is 16.6. The van der Waals surface area contributed by atoms with E-state index >= 15 is 0 Å². The lowest BCUT2D eigenvalue weighted by molar-refractivity contribution is 0.0648. The molecule has 0 radical (unpaired) electrons. The Morgan fingerprint density at radius 1 is 1.06 bits per heavy atom. The van der Waals surface area contributed by atoms with Gasteiger partial charge in [-0.05, 0) is 12.8 Å². The van der Waals surface area contributed by atoms with Gasteiger partial charge in [0.1, 0.15) is 5.60 Å². The van der Waals surface area contributed by atoms with Crippen LogP contribution in [0.2, 0.25) is 0 Å². The average molecular weight is 228 g/mol. The highest BCUT2D eigenvalue weighted by molar-refractivity contribution is 4.97. The summed E-state index contributed by atoms with van der Waals surface area (Å²) in [5.41, 5.74) is -0.141. The van der Waals surface area contributed by atoms with E-state index in [0.29, 0.717) is 0 Å². The number of aliphatic hydroxyl groups is 1. The third-order valence-electron chi connectivity index (χ3n) is 3.71. The van der Waals surface area contributed by atoms with Gasteiger partial charge >= 0.3 is 0 Å². The number of unbranched alkanes of at least 4 members (excludes halogenated alkanes) is 6. The van der Waals surface area contributed by atoms with Crippen molar-refractivity contribution >= 4 is 0 Å². The summed E-state index contributed by atoms with van der Waals surface area (Å²) in [5, 5.41) is 9.80. The van der Waals surface area contributed by atoms with Crippen LogP contribution in [0.5, 0.6) is 0 Å². The van der Waals surface area contributed by atoms with Gasteiger partial charge in [0, 0.05) is 0 Å². The summed E-state index contributed by atoms with van der Waals surface area (Å²) in [7, 11) is 0. The molecule has 0 aromatic rings. The molecule has 2 nitrogen and oxygen atoms in total. The maximum absolute atomic E-state index is 9.80. The number of hydrogen-bond acceptors (Lipinski definition) is 2. The zero-order valence-corrected chi connectivity index (χ0v) is 11.0. The van der Waals surface area contributed by atoms with E-state index in [1.54, 1.807) is 0 Å². The van der Waals surface area contributed by atoms with Crippen LogP contribution in [0.25, 0.3) is 0 Å². The minimum absolute atomic E-state index is 0.141. The van der Waals surface area contributed by atoms with Gasteiger partial charge in [0.25, 0.3) is 0 Å². The Balaban J connectivity index is 1.95. The van der Waals surface area contributed by atoms with Gasteiger partial charge in [-0.2, -0.15) is 0 Å². The molecule has 1 heterocycles. The Morgan fingerprint density at radius 3 is 2.12 bits per heavy atom. The van der Waals surface area contributed by atoms with Crippen molar-refractivity contribution in [2.75, 3.05) is 6.61 Å². The smallest absolute Gasteiger partial charge is 0.117 e. The second-order valence-corrected chi connectivity index (χ2v) is 5.15. The molecule has 96 valence electrons. The van der Waals surface area contributed by atoms with Crippen LogP contribution in [0.4, 0.5) is 0 Å². The summed E-state index contributed by atoms with van der Waals surface area (Å²) < 4.78 is 5.44. The first-order valence-corrected chi connectivity index (χ1v) is 7.07. The maximum Gasteiger partial charge on any atom is 0.117 e. The average Bonchev–Trinajstić information content (AvgIpc) is 3.08. The Kier molecular flexibility index (Phi) is 6.37. The highest BCUT2D eigenvalue weighted by Crippen LogP contribution is 2.37. The van der Waals surface area contributed by atoms with Crippen molar-refractivity contribution in [1.82, 2.24) is 0 Å². The summed E-state index contributed by atoms with van der Waals surface area (Å²) in [5.74, 6) is 0. The van der Waals surface area contributed by atoms with E-state index in [9.17, 15) is 5.11 Å². The van der Waals surface area contributed by atoms with Gasteiger partial charge in [-0.25, -0.2) is 0 Å². The molecule has 2 atom stereocenters. The number of hydrogen-bond donors (Lipinski definition) is 1. The summed E-state index contributed by atoms with van der Waals surface area (Å²) in [6.07, 6.45) is 10.9. The van der Waals surface area contributed by atoms with E-state index in [0.717, 1.165) is 19.4 Å². The quantitative estimate of drug-likeness (QED) is 0.457. The van der Waals surface area contributed by atoms with Gasteiger partial charge < -0.3 is 9.84 Å². The van der Waals surface area contributed by atoms with Gasteiger partial charge in [-0.1, -0.05) is 58.8 Å². The molecule has 1 rings (SSSR count). The van der Waals surface area contributed by atoms with Gasteiger partial charge in [0.15, 0.2) is 0 Å². The van der Waals surface area contributed by atoms with E-state index in [2.05, 4.69) is 6.92 Å². The SMILES string of the molecule is CCCCCCCCC[C@]1([C@H](O)CC)CO1. The molecule has 2 heteroatoms. The van der Waals surface area contributed by atoms with E-state index in [1.807, 2.05) is 6.92 Å². The summed E-state index contributed by atoms with van der Waals surface area (Å²) in [6.45, 7) is 5.05. The number of epoxide rings is 1. The first kappa shape index (κ1) is 14.0. The molecule has 1 aliphatic rings. The molecule has 1 saturated heterocycles. The molecular weight excluding hydrogens is 200 g/mol. The summed E-state index contributed by atoms with van der Waals surface area (Å²) >= 11 is 0. The molecule has 1 aliphatic heterocycles. The molecule has 0 amide bonds. The monoisotopic (exact) mass is 228 g/mol. The lowest BCUT2D eigenvalue weighted by Gasteiger charge is -2.17.